The minimum atomic E-state index is -2.31. The Morgan fingerprint density at radius 3 is 0.620 bits per heavy atom. The molecular formula is C95H86O34. The van der Waals surface area contributed by atoms with Gasteiger partial charge in [0, 0.05) is 27.7 Å². The number of carbonyl (C=O) groups is 13. The van der Waals surface area contributed by atoms with Crippen LogP contribution in [0.2, 0.25) is 0 Å². The van der Waals surface area contributed by atoms with Gasteiger partial charge in [-0.15, -0.1) is 0 Å². The van der Waals surface area contributed by atoms with Crippen LogP contribution in [0.1, 0.15) is 121 Å². The number of esters is 13. The van der Waals surface area contributed by atoms with Crippen molar-refractivity contribution in [1.29, 1.82) is 0 Å². The fourth-order valence-electron chi connectivity index (χ4n) is 14.3. The molecule has 670 valence electrons. The number of carbonyl (C=O) groups excluding carboxylic acids is 13. The maximum atomic E-state index is 15.2. The Bertz CT molecular complexity index is 5330. The maximum Gasteiger partial charge on any atom is 0.338 e. The zero-order chi connectivity index (χ0) is 91.0. The highest BCUT2D eigenvalue weighted by molar-refractivity contribution is 5.94. The van der Waals surface area contributed by atoms with E-state index in [1.54, 1.807) is 54.6 Å². The molecule has 0 bridgehead atoms. The quantitative estimate of drug-likeness (QED) is 0.0303. The van der Waals surface area contributed by atoms with Crippen molar-refractivity contribution in [2.75, 3.05) is 26.4 Å². The monoisotopic (exact) mass is 1770 g/mol. The van der Waals surface area contributed by atoms with Crippen LogP contribution in [0.3, 0.4) is 0 Å². The number of benzene rings is 9. The standard InChI is InChI=1S/C95H86O34/c1-54(96)110-50-68-71(114-55(2)97)76(115-56(3)98)80(116-57(4)99)93(118-68)112-52-69-73(122-84(101)59-34-16-6-17-35-59)78(126-88(105)63-42-24-10-25-43-63)82(129-91(108)66-48-30-13-31-49-66)95(120-69)113-53-70-74(123-85(102)60-36-18-7-19-37-60)77(125-87(104)62-40-22-9-23-41-62)81(128-90(107)65-46-28-12-29-47-65)94(119-70)111-51-67-72(121-83(100)58-32-14-5-15-33-58)75(124-86(103)61-38-20-8-21-39-61)79(92(109)117-67)127-89(106)64-44-26-11-27-45-64/h5-49,67-82,92-95,109H,50-53H2,1-4H3/t67-,68-,69-,70-,71-,72-,73-,74-,75+,76+,77+,78+,79-,80-,81-,82-,92+,93-,94-,95-/m1/s1. The molecule has 0 unspecified atom stereocenters. The Hall–Kier alpha value is -14.2. The van der Waals surface area contributed by atoms with Gasteiger partial charge in [-0.3, -0.25) is 19.2 Å². The molecule has 129 heavy (non-hydrogen) atoms. The van der Waals surface area contributed by atoms with Crippen molar-refractivity contribution in [3.8, 4) is 0 Å². The van der Waals surface area contributed by atoms with E-state index in [-0.39, 0.29) is 50.1 Å². The number of rotatable bonds is 32. The van der Waals surface area contributed by atoms with Crippen molar-refractivity contribution in [2.45, 2.75) is 151 Å². The lowest BCUT2D eigenvalue weighted by atomic mass is 9.96. The van der Waals surface area contributed by atoms with E-state index in [1.165, 1.54) is 218 Å². The number of aliphatic hydroxyl groups is 1. The van der Waals surface area contributed by atoms with Crippen molar-refractivity contribution in [1.82, 2.24) is 0 Å². The minimum Gasteiger partial charge on any atom is -0.463 e. The number of hydrogen-bond acceptors (Lipinski definition) is 34. The summed E-state index contributed by atoms with van der Waals surface area (Å²) in [5, 5.41) is 12.4. The fraction of sp³-hybridized carbons (Fsp3) is 0.295. The second kappa shape index (κ2) is 44.3. The van der Waals surface area contributed by atoms with Crippen molar-refractivity contribution in [3.05, 3.63) is 323 Å². The van der Waals surface area contributed by atoms with Gasteiger partial charge in [0.2, 0.25) is 0 Å². The zero-order valence-corrected chi connectivity index (χ0v) is 69.3. The van der Waals surface area contributed by atoms with Crippen LogP contribution in [-0.2, 0) is 114 Å². The Labute approximate surface area is 736 Å². The fourth-order valence-corrected chi connectivity index (χ4v) is 14.3. The average Bonchev–Trinajstić information content (AvgIpc) is 0.769. The summed E-state index contributed by atoms with van der Waals surface area (Å²) in [6.07, 6.45) is -41.0. The lowest BCUT2D eigenvalue weighted by molar-refractivity contribution is -0.344. The summed E-state index contributed by atoms with van der Waals surface area (Å²) in [4.78, 5) is 186. The second-order valence-electron chi connectivity index (χ2n) is 29.3. The molecular weight excluding hydrogens is 1690 g/mol. The molecule has 0 spiro atoms. The van der Waals surface area contributed by atoms with Crippen LogP contribution in [0.4, 0.5) is 0 Å². The van der Waals surface area contributed by atoms with E-state index >= 15 is 24.0 Å². The first-order valence-corrected chi connectivity index (χ1v) is 40.6. The van der Waals surface area contributed by atoms with Gasteiger partial charge < -0.3 is 99.8 Å². The van der Waals surface area contributed by atoms with E-state index < -0.39 is 227 Å². The average molecular weight is 1770 g/mol. The summed E-state index contributed by atoms with van der Waals surface area (Å²) in [5.74, 6) is -14.1. The number of aliphatic hydroxyl groups excluding tert-OH is 1. The van der Waals surface area contributed by atoms with Crippen LogP contribution in [0.5, 0.6) is 0 Å². The van der Waals surface area contributed by atoms with E-state index in [0.29, 0.717) is 0 Å². The van der Waals surface area contributed by atoms with Gasteiger partial charge in [-0.2, -0.15) is 0 Å². The van der Waals surface area contributed by atoms with Crippen LogP contribution in [0.15, 0.2) is 273 Å². The SMILES string of the molecule is CC(=O)OC[C@H]1O[C@@H](OC[C@H]2O[C@@H](OC[C@H]3O[C@@H](OC[C@H]4O[C@H](O)[C@H](OC(=O)c5ccccc5)[C@@H](OC(=O)c5ccccc5)[C@@H]4OC(=O)c4ccccc4)[C@H](OC(=O)c4ccccc4)[C@@H](OC(=O)c4ccccc4)[C@@H]3OC(=O)c3ccccc3)[C@H](OC(=O)c3ccccc3)[C@@H](OC(=O)c3ccccc3)[C@@H]2OC(=O)c2ccccc2)[C@H](OC(C)=O)[C@@H](OC(C)=O)[C@@H]1OC(C)=O. The van der Waals surface area contributed by atoms with Crippen molar-refractivity contribution < 1.29 is 162 Å². The summed E-state index contributed by atoms with van der Waals surface area (Å²) in [6, 6.07) is 66.0. The van der Waals surface area contributed by atoms with Gasteiger partial charge in [0.15, 0.2) is 98.4 Å². The van der Waals surface area contributed by atoms with Crippen molar-refractivity contribution in [3.63, 3.8) is 0 Å². The van der Waals surface area contributed by atoms with E-state index in [4.69, 9.17) is 94.7 Å². The highest BCUT2D eigenvalue weighted by atomic mass is 16.8. The molecule has 4 fully saturated rings. The lowest BCUT2D eigenvalue weighted by Crippen LogP contribution is -2.66. The first kappa shape index (κ1) is 92.4. The molecule has 20 atom stereocenters. The van der Waals surface area contributed by atoms with E-state index in [9.17, 15) is 43.5 Å². The summed E-state index contributed by atoms with van der Waals surface area (Å²) in [6.45, 7) is 0.0646. The van der Waals surface area contributed by atoms with Crippen LogP contribution < -0.4 is 0 Å². The second-order valence-corrected chi connectivity index (χ2v) is 29.3. The largest absolute Gasteiger partial charge is 0.463 e. The van der Waals surface area contributed by atoms with Gasteiger partial charge in [0.1, 0.15) is 31.0 Å². The summed E-state index contributed by atoms with van der Waals surface area (Å²) in [7, 11) is 0. The van der Waals surface area contributed by atoms with Gasteiger partial charge in [0.25, 0.3) is 0 Å². The molecule has 1 N–H and O–H groups in total. The van der Waals surface area contributed by atoms with Crippen molar-refractivity contribution >= 4 is 77.6 Å². The van der Waals surface area contributed by atoms with Gasteiger partial charge in [0.05, 0.1) is 69.9 Å². The smallest absolute Gasteiger partial charge is 0.338 e. The van der Waals surface area contributed by atoms with E-state index in [2.05, 4.69) is 0 Å². The summed E-state index contributed by atoms with van der Waals surface area (Å²) >= 11 is 0. The molecule has 9 aromatic carbocycles. The van der Waals surface area contributed by atoms with Gasteiger partial charge in [-0.1, -0.05) is 164 Å². The van der Waals surface area contributed by atoms with Crippen LogP contribution >= 0.6 is 0 Å². The third-order valence-corrected chi connectivity index (χ3v) is 20.3. The van der Waals surface area contributed by atoms with Gasteiger partial charge in [-0.05, 0) is 109 Å². The van der Waals surface area contributed by atoms with Gasteiger partial charge in [-0.25, -0.2) is 43.2 Å². The van der Waals surface area contributed by atoms with E-state index in [1.807, 2.05) is 0 Å². The molecule has 4 heterocycles. The Morgan fingerprint density at radius 1 is 0.209 bits per heavy atom. The maximum absolute atomic E-state index is 15.2. The van der Waals surface area contributed by atoms with Crippen LogP contribution in [0.25, 0.3) is 0 Å². The number of ether oxygens (including phenoxy) is 20. The van der Waals surface area contributed by atoms with Crippen LogP contribution in [0, 0.1) is 0 Å². The topological polar surface area (TPSA) is 427 Å². The predicted octanol–water partition coefficient (Wildman–Crippen LogP) is 9.32. The third-order valence-electron chi connectivity index (χ3n) is 20.3. The molecule has 4 saturated heterocycles. The molecule has 9 aromatic rings. The molecule has 0 radical (unpaired) electrons. The first-order valence-electron chi connectivity index (χ1n) is 40.6. The normalized spacial score (nSPS) is 25.1. The molecule has 4 aliphatic heterocycles. The minimum absolute atomic E-state index is 0.0451. The Kier molecular flexibility index (Phi) is 31.7. The molecule has 34 nitrogen and oxygen atoms in total. The number of hydrogen-bond donors (Lipinski definition) is 1. The molecule has 0 aliphatic carbocycles. The summed E-state index contributed by atoms with van der Waals surface area (Å²) in [5.41, 5.74) is -1.00. The van der Waals surface area contributed by atoms with E-state index in [0.717, 1.165) is 27.7 Å². The molecule has 13 rings (SSSR count). The van der Waals surface area contributed by atoms with Crippen LogP contribution in [-0.4, -0.2) is 232 Å². The highest BCUT2D eigenvalue weighted by Gasteiger charge is 2.60. The van der Waals surface area contributed by atoms with Crippen molar-refractivity contribution in [2.24, 2.45) is 0 Å². The first-order chi connectivity index (χ1) is 62.4. The summed E-state index contributed by atoms with van der Waals surface area (Å²) < 4.78 is 126. The molecule has 0 saturated carbocycles. The predicted molar refractivity (Wildman–Crippen MR) is 439 cm³/mol. The zero-order valence-electron chi connectivity index (χ0n) is 69.3. The van der Waals surface area contributed by atoms with Gasteiger partial charge >= 0.3 is 77.6 Å². The molecule has 4 aliphatic rings. The lowest BCUT2D eigenvalue weighted by Gasteiger charge is -2.47. The third kappa shape index (κ3) is 24.3. The molecule has 0 amide bonds. The molecule has 0 aromatic heterocycles. The highest BCUT2D eigenvalue weighted by Crippen LogP contribution is 2.39. The Balaban J connectivity index is 0.961. The Morgan fingerprint density at radius 2 is 0.380 bits per heavy atom. The molecule has 34 heteroatoms.